The summed E-state index contributed by atoms with van der Waals surface area (Å²) in [5, 5.41) is 0. The van der Waals surface area contributed by atoms with Crippen LogP contribution in [0.1, 0.15) is 25.0 Å². The summed E-state index contributed by atoms with van der Waals surface area (Å²) in [6.07, 6.45) is -17.0. The molecule has 0 bridgehead atoms. The largest absolute Gasteiger partial charge is 0.453 e. The van der Waals surface area contributed by atoms with Crippen molar-refractivity contribution in [2.75, 3.05) is 27.4 Å². The van der Waals surface area contributed by atoms with Gasteiger partial charge < -0.3 is 33.2 Å². The van der Waals surface area contributed by atoms with Crippen molar-refractivity contribution < 1.29 is 69.1 Å². The molecule has 9 nitrogen and oxygen atoms in total. The van der Waals surface area contributed by atoms with Gasteiger partial charge in [-0.25, -0.2) is 9.59 Å². The monoisotopic (exact) mass is 636 g/mol. The van der Waals surface area contributed by atoms with Crippen LogP contribution < -0.4 is 0 Å². The molecule has 0 saturated carbocycles. The van der Waals surface area contributed by atoms with E-state index in [0.717, 1.165) is 24.3 Å². The van der Waals surface area contributed by atoms with Crippen LogP contribution in [0.25, 0.3) is 0 Å². The lowest BCUT2D eigenvalue weighted by molar-refractivity contribution is -0.353. The molecule has 2 aliphatic rings. The highest BCUT2D eigenvalue weighted by Crippen LogP contribution is 2.46. The van der Waals surface area contributed by atoms with E-state index in [4.69, 9.17) is 33.2 Å². The molecule has 15 heteroatoms. The number of esters is 2. The van der Waals surface area contributed by atoms with Gasteiger partial charge in [-0.1, -0.05) is 60.7 Å². The van der Waals surface area contributed by atoms with E-state index < -0.39 is 83.4 Å². The van der Waals surface area contributed by atoms with E-state index >= 15 is 0 Å². The van der Waals surface area contributed by atoms with Crippen molar-refractivity contribution in [3.63, 3.8) is 0 Å². The first kappa shape index (κ1) is 33.6. The Kier molecular flexibility index (Phi) is 9.39. The first-order valence-corrected chi connectivity index (χ1v) is 13.2. The zero-order chi connectivity index (χ0) is 32.6. The molecule has 0 aliphatic carbocycles. The number of rotatable bonds is 8. The van der Waals surface area contributed by atoms with Crippen molar-refractivity contribution in [3.8, 4) is 0 Å². The second-order valence-electron chi connectivity index (χ2n) is 10.5. The number of methoxy groups -OCH3 is 2. The molecule has 4 rings (SSSR count). The second-order valence-corrected chi connectivity index (χ2v) is 10.5. The third-order valence-electron chi connectivity index (χ3n) is 7.39. The number of carbonyl (C=O) groups is 2. The Morgan fingerprint density at radius 1 is 0.750 bits per heavy atom. The fourth-order valence-electron chi connectivity index (χ4n) is 5.21. The molecule has 0 unspecified atom stereocenters. The normalized spacial score (nSPS) is 26.4. The molecule has 44 heavy (non-hydrogen) atoms. The Labute approximate surface area is 248 Å². The number of benzene rings is 2. The van der Waals surface area contributed by atoms with E-state index in [1.807, 2.05) is 0 Å². The summed E-state index contributed by atoms with van der Waals surface area (Å²) in [6.45, 7) is 2.02. The van der Waals surface area contributed by atoms with E-state index in [9.17, 15) is 35.9 Å². The van der Waals surface area contributed by atoms with Gasteiger partial charge in [-0.2, -0.15) is 26.3 Å². The summed E-state index contributed by atoms with van der Waals surface area (Å²) in [5.41, 5.74) is -8.58. The molecule has 6 atom stereocenters. The Bertz CT molecular complexity index is 1300. The lowest BCUT2D eigenvalue weighted by Gasteiger charge is -2.48. The molecule has 0 aromatic heterocycles. The fourth-order valence-corrected chi connectivity index (χ4v) is 5.21. The van der Waals surface area contributed by atoms with Gasteiger partial charge in [0.05, 0.1) is 13.2 Å². The van der Waals surface area contributed by atoms with E-state index in [0.29, 0.717) is 14.2 Å². The molecule has 2 aliphatic heterocycles. The first-order chi connectivity index (χ1) is 20.5. The van der Waals surface area contributed by atoms with Gasteiger partial charge in [0.15, 0.2) is 18.0 Å². The Balaban J connectivity index is 1.77. The molecule has 2 saturated heterocycles. The maximum absolute atomic E-state index is 14.6. The molecule has 0 amide bonds. The number of fused-ring (bicyclic) bond motifs is 1. The van der Waals surface area contributed by atoms with Gasteiger partial charge in [0.1, 0.15) is 12.2 Å². The molecule has 2 heterocycles. The summed E-state index contributed by atoms with van der Waals surface area (Å²) < 4.78 is 125. The molecule has 0 N–H and O–H groups in total. The highest BCUT2D eigenvalue weighted by molar-refractivity contribution is 5.84. The highest BCUT2D eigenvalue weighted by atomic mass is 19.4. The number of alkyl halides is 6. The Morgan fingerprint density at radius 2 is 1.20 bits per heavy atom. The molecule has 2 aromatic carbocycles. The number of carbonyl (C=O) groups excluding carboxylic acids is 2. The average molecular weight is 637 g/mol. The topological polar surface area (TPSA) is 98.8 Å². The molecular weight excluding hydrogens is 606 g/mol. The van der Waals surface area contributed by atoms with Gasteiger partial charge in [-0.05, 0) is 13.8 Å². The van der Waals surface area contributed by atoms with Gasteiger partial charge in [-0.3, -0.25) is 0 Å². The van der Waals surface area contributed by atoms with E-state index in [1.54, 1.807) is 0 Å². The quantitative estimate of drug-likeness (QED) is 0.305. The minimum absolute atomic E-state index is 0.186. The summed E-state index contributed by atoms with van der Waals surface area (Å²) in [7, 11) is 1.29. The molecule has 0 spiro atoms. The van der Waals surface area contributed by atoms with Crippen LogP contribution in [-0.4, -0.2) is 81.9 Å². The van der Waals surface area contributed by atoms with Gasteiger partial charge in [0.2, 0.25) is 0 Å². The number of hydrogen-bond acceptors (Lipinski definition) is 9. The molecule has 242 valence electrons. The maximum Gasteiger partial charge on any atom is 0.432 e. The van der Waals surface area contributed by atoms with Crippen molar-refractivity contribution >= 4 is 11.9 Å². The smallest absolute Gasteiger partial charge is 0.432 e. The van der Waals surface area contributed by atoms with Crippen molar-refractivity contribution in [3.05, 3.63) is 71.8 Å². The zero-order valence-corrected chi connectivity index (χ0v) is 23.9. The Hall–Kier alpha value is -3.24. The van der Waals surface area contributed by atoms with Crippen LogP contribution in [-0.2, 0) is 53.9 Å². The third kappa shape index (κ3) is 5.90. The molecule has 2 fully saturated rings. The highest BCUT2D eigenvalue weighted by Gasteiger charge is 2.67. The van der Waals surface area contributed by atoms with E-state index in [1.165, 1.54) is 50.2 Å². The van der Waals surface area contributed by atoms with Crippen molar-refractivity contribution in [2.45, 2.75) is 67.6 Å². The van der Waals surface area contributed by atoms with Crippen LogP contribution in [0, 0.1) is 0 Å². The van der Waals surface area contributed by atoms with Crippen molar-refractivity contribution in [1.29, 1.82) is 0 Å². The van der Waals surface area contributed by atoms with Gasteiger partial charge in [0, 0.05) is 25.3 Å². The minimum Gasteiger partial charge on any atom is -0.453 e. The van der Waals surface area contributed by atoms with Crippen molar-refractivity contribution in [1.82, 2.24) is 0 Å². The average Bonchev–Trinajstić information content (AvgIpc) is 2.95. The van der Waals surface area contributed by atoms with Gasteiger partial charge in [-0.15, -0.1) is 0 Å². The zero-order valence-electron chi connectivity index (χ0n) is 23.9. The van der Waals surface area contributed by atoms with Crippen LogP contribution in [0.3, 0.4) is 0 Å². The standard InChI is InChI=1S/C29H30F6O9/c1-25(2)41-16-19-22(44-25)21(43-24(37)27(39-4,29(33,34)35)18-13-9-6-10-14-18)20(15-40-19)42-23(36)26(38-3,28(30,31)32)17-11-7-5-8-12-17/h5-14,19-22H,15-16H2,1-4H3/t19-,20+,21+,22-,26+,27-/m1/s1. The Morgan fingerprint density at radius 3 is 1.64 bits per heavy atom. The number of halogens is 6. The predicted molar refractivity (Wildman–Crippen MR) is 137 cm³/mol. The predicted octanol–water partition coefficient (Wildman–Crippen LogP) is 4.57. The van der Waals surface area contributed by atoms with Crippen LogP contribution in [0.2, 0.25) is 0 Å². The maximum atomic E-state index is 14.6. The summed E-state index contributed by atoms with van der Waals surface area (Å²) in [6, 6.07) is 11.8. The molecule has 2 aromatic rings. The lowest BCUT2D eigenvalue weighted by atomic mass is 9.91. The third-order valence-corrected chi connectivity index (χ3v) is 7.39. The van der Waals surface area contributed by atoms with Gasteiger partial charge >= 0.3 is 24.3 Å². The van der Waals surface area contributed by atoms with Crippen LogP contribution in [0.15, 0.2) is 60.7 Å². The van der Waals surface area contributed by atoms with E-state index in [-0.39, 0.29) is 6.61 Å². The fraction of sp³-hybridized carbons (Fsp3) is 0.517. The minimum atomic E-state index is -5.37. The summed E-state index contributed by atoms with van der Waals surface area (Å²) in [5.74, 6) is -5.35. The van der Waals surface area contributed by atoms with E-state index in [2.05, 4.69) is 0 Å². The number of ether oxygens (including phenoxy) is 7. The first-order valence-electron chi connectivity index (χ1n) is 13.2. The second kappa shape index (κ2) is 12.3. The van der Waals surface area contributed by atoms with Crippen LogP contribution in [0.5, 0.6) is 0 Å². The molecule has 0 radical (unpaired) electrons. The SMILES string of the molecule is CO[C@](C(=O)O[C@H]1CO[C@@H]2COC(C)(C)O[C@H]2[C@H]1OC(=O)[C@](OC)(c1ccccc1)C(F)(F)F)(c1ccccc1)C(F)(F)F. The lowest BCUT2D eigenvalue weighted by Crippen LogP contribution is -2.65. The molecular formula is C29H30F6O9. The van der Waals surface area contributed by atoms with Crippen LogP contribution in [0.4, 0.5) is 26.3 Å². The van der Waals surface area contributed by atoms with Crippen LogP contribution >= 0.6 is 0 Å². The van der Waals surface area contributed by atoms with Gasteiger partial charge in [0.25, 0.3) is 11.2 Å². The number of hydrogen-bond donors (Lipinski definition) is 0. The summed E-state index contributed by atoms with van der Waals surface area (Å²) >= 11 is 0. The van der Waals surface area contributed by atoms with Crippen molar-refractivity contribution in [2.24, 2.45) is 0 Å². The summed E-state index contributed by atoms with van der Waals surface area (Å²) in [4.78, 5) is 27.0.